The van der Waals surface area contributed by atoms with Crippen molar-refractivity contribution >= 4 is 5.91 Å². The molecule has 23 heavy (non-hydrogen) atoms. The van der Waals surface area contributed by atoms with Crippen molar-refractivity contribution in [2.45, 2.75) is 77.5 Å². The van der Waals surface area contributed by atoms with Gasteiger partial charge in [-0.25, -0.2) is 0 Å². The van der Waals surface area contributed by atoms with E-state index >= 15 is 0 Å². The molecule has 1 amide bonds. The highest BCUT2D eigenvalue weighted by molar-refractivity contribution is 5.82. The summed E-state index contributed by atoms with van der Waals surface area (Å²) in [4.78, 5) is 16.6. The van der Waals surface area contributed by atoms with Gasteiger partial charge in [-0.05, 0) is 58.9 Å². The van der Waals surface area contributed by atoms with Crippen LogP contribution in [0.3, 0.4) is 0 Å². The van der Waals surface area contributed by atoms with Crippen LogP contribution in [-0.2, 0) is 4.79 Å². The van der Waals surface area contributed by atoms with Crippen LogP contribution in [-0.4, -0.2) is 58.1 Å². The van der Waals surface area contributed by atoms with Gasteiger partial charge in [0, 0.05) is 13.6 Å². The van der Waals surface area contributed by atoms with Gasteiger partial charge in [0.25, 0.3) is 0 Å². The highest BCUT2D eigenvalue weighted by Gasteiger charge is 2.42. The monoisotopic (exact) mass is 323 g/mol. The second-order valence-electron chi connectivity index (χ2n) is 7.77. The highest BCUT2D eigenvalue weighted by atomic mass is 16.3. The largest absolute Gasteiger partial charge is 0.389 e. The first-order valence-electron chi connectivity index (χ1n) is 8.71. The average Bonchev–Trinajstić information content (AvgIpc) is 2.50. The van der Waals surface area contributed by atoms with Crippen LogP contribution in [0.15, 0.2) is 0 Å². The second-order valence-corrected chi connectivity index (χ2v) is 7.77. The van der Waals surface area contributed by atoms with Gasteiger partial charge >= 0.3 is 0 Å². The second kappa shape index (κ2) is 7.63. The minimum atomic E-state index is -0.851. The highest BCUT2D eigenvalue weighted by Crippen LogP contribution is 2.35. The molecule has 1 unspecified atom stereocenters. The van der Waals surface area contributed by atoms with Crippen molar-refractivity contribution in [2.75, 3.05) is 20.1 Å². The molecule has 1 saturated carbocycles. The molecular weight excluding hydrogens is 290 g/mol. The number of carbonyl (C=O) groups excluding carboxylic acids is 1. The lowest BCUT2D eigenvalue weighted by Gasteiger charge is -2.43. The first kappa shape index (κ1) is 19.9. The third-order valence-electron chi connectivity index (χ3n) is 5.18. The zero-order valence-electron chi connectivity index (χ0n) is 15.6. The predicted molar refractivity (Wildman–Crippen MR) is 91.8 cm³/mol. The Hall–Kier alpha value is -1.12. The molecule has 1 aliphatic carbocycles. The number of amides is 1. The molecular formula is C18H33N3O2. The van der Waals surface area contributed by atoms with Crippen molar-refractivity contribution in [1.82, 2.24) is 9.80 Å². The van der Waals surface area contributed by atoms with Crippen LogP contribution < -0.4 is 0 Å². The summed E-state index contributed by atoms with van der Waals surface area (Å²) in [6.45, 7) is 10.7. The first-order chi connectivity index (χ1) is 10.6. The van der Waals surface area contributed by atoms with E-state index < -0.39 is 11.1 Å². The van der Waals surface area contributed by atoms with Gasteiger partial charge in [0.15, 0.2) is 0 Å². The Balaban J connectivity index is 2.87. The van der Waals surface area contributed by atoms with Crippen LogP contribution in [0.2, 0.25) is 0 Å². The van der Waals surface area contributed by atoms with Crippen LogP contribution in [0, 0.1) is 17.2 Å². The van der Waals surface area contributed by atoms with Crippen molar-refractivity contribution in [3.8, 4) is 6.07 Å². The fourth-order valence-electron chi connectivity index (χ4n) is 3.43. The summed E-state index contributed by atoms with van der Waals surface area (Å²) in [7, 11) is 1.76. The molecule has 1 N–H and O–H groups in total. The number of nitrogens with zero attached hydrogens (tertiary/aromatic N) is 3. The number of carbonyl (C=O) groups is 1. The summed E-state index contributed by atoms with van der Waals surface area (Å²) in [6.07, 6.45) is 3.47. The number of rotatable bonds is 6. The van der Waals surface area contributed by atoms with E-state index in [0.29, 0.717) is 19.0 Å². The summed E-state index contributed by atoms with van der Waals surface area (Å²) in [5.41, 5.74) is -1.53. The normalized spacial score (nSPS) is 26.7. The van der Waals surface area contributed by atoms with E-state index in [1.807, 2.05) is 18.7 Å². The Kier molecular flexibility index (Phi) is 6.61. The van der Waals surface area contributed by atoms with Crippen LogP contribution in [0.5, 0.6) is 0 Å². The molecule has 1 aliphatic rings. The molecule has 0 aliphatic heterocycles. The Bertz CT molecular complexity index is 442. The van der Waals surface area contributed by atoms with Crippen molar-refractivity contribution in [2.24, 2.45) is 5.92 Å². The van der Waals surface area contributed by atoms with Gasteiger partial charge in [0.05, 0.1) is 17.7 Å². The summed E-state index contributed by atoms with van der Waals surface area (Å²) < 4.78 is 0. The maximum Gasteiger partial charge on any atom is 0.240 e. The third-order valence-corrected chi connectivity index (χ3v) is 5.18. The summed E-state index contributed by atoms with van der Waals surface area (Å²) in [5.74, 6) is 0.590. The predicted octanol–water partition coefficient (Wildman–Crippen LogP) is 2.40. The molecule has 5 heteroatoms. The molecule has 0 spiro atoms. The maximum atomic E-state index is 12.9. The van der Waals surface area contributed by atoms with E-state index in [1.165, 1.54) is 0 Å². The van der Waals surface area contributed by atoms with Crippen LogP contribution in [0.4, 0.5) is 0 Å². The molecule has 0 aromatic rings. The van der Waals surface area contributed by atoms with Gasteiger partial charge < -0.3 is 10.0 Å². The fraction of sp³-hybridized carbons (Fsp3) is 0.889. The number of nitriles is 1. The van der Waals surface area contributed by atoms with Crippen LogP contribution in [0.25, 0.3) is 0 Å². The number of hydrogen-bond acceptors (Lipinski definition) is 4. The van der Waals surface area contributed by atoms with E-state index in [4.69, 9.17) is 0 Å². The first-order valence-corrected chi connectivity index (χ1v) is 8.71. The number of likely N-dealkylation sites (N-methyl/N-ethyl adjacent to an activating group) is 2. The van der Waals surface area contributed by atoms with Crippen LogP contribution in [0.1, 0.15) is 60.3 Å². The molecule has 1 rings (SSSR count). The zero-order chi connectivity index (χ0) is 17.8. The Morgan fingerprint density at radius 3 is 2.35 bits per heavy atom. The van der Waals surface area contributed by atoms with Gasteiger partial charge in [-0.2, -0.15) is 5.26 Å². The molecule has 5 nitrogen and oxygen atoms in total. The quantitative estimate of drug-likeness (QED) is 0.815. The van der Waals surface area contributed by atoms with Gasteiger partial charge in [-0.3, -0.25) is 9.69 Å². The van der Waals surface area contributed by atoms with E-state index in [-0.39, 0.29) is 11.9 Å². The third kappa shape index (κ3) is 4.92. The maximum absolute atomic E-state index is 12.9. The molecule has 0 aromatic carbocycles. The lowest BCUT2D eigenvalue weighted by Crippen LogP contribution is -2.57. The fourth-order valence-corrected chi connectivity index (χ4v) is 3.43. The van der Waals surface area contributed by atoms with E-state index in [1.54, 1.807) is 25.8 Å². The van der Waals surface area contributed by atoms with E-state index in [0.717, 1.165) is 25.7 Å². The minimum Gasteiger partial charge on any atom is -0.389 e. The van der Waals surface area contributed by atoms with Gasteiger partial charge in [-0.1, -0.05) is 13.8 Å². The Morgan fingerprint density at radius 1 is 1.43 bits per heavy atom. The number of aliphatic hydroxyl groups is 1. The van der Waals surface area contributed by atoms with E-state index in [9.17, 15) is 15.2 Å². The number of hydrogen-bond donors (Lipinski definition) is 1. The topological polar surface area (TPSA) is 67.6 Å². The standard InChI is InChI=1S/C18H33N3O2/c1-7-21(13-17(4,5)23)15(3)16(22)20(6)18(12-19)10-8-14(2)9-11-18/h14-15,23H,7-11,13H2,1-6H3. The lowest BCUT2D eigenvalue weighted by atomic mass is 9.77. The van der Waals surface area contributed by atoms with Crippen LogP contribution >= 0.6 is 0 Å². The Labute approximate surface area is 141 Å². The van der Waals surface area contributed by atoms with Gasteiger partial charge in [0.2, 0.25) is 5.91 Å². The Morgan fingerprint density at radius 2 is 1.96 bits per heavy atom. The molecule has 0 bridgehead atoms. The summed E-state index contributed by atoms with van der Waals surface area (Å²) in [6, 6.07) is 2.07. The molecule has 0 heterocycles. The smallest absolute Gasteiger partial charge is 0.240 e. The van der Waals surface area contributed by atoms with Crippen molar-refractivity contribution < 1.29 is 9.90 Å². The molecule has 0 saturated heterocycles. The molecule has 1 fully saturated rings. The summed E-state index contributed by atoms with van der Waals surface area (Å²) in [5, 5.41) is 19.8. The molecule has 0 aromatic heterocycles. The zero-order valence-corrected chi connectivity index (χ0v) is 15.6. The van der Waals surface area contributed by atoms with Gasteiger partial charge in [0.1, 0.15) is 5.54 Å². The van der Waals surface area contributed by atoms with E-state index in [2.05, 4.69) is 13.0 Å². The molecule has 1 atom stereocenters. The average molecular weight is 323 g/mol. The van der Waals surface area contributed by atoms with Crippen molar-refractivity contribution in [1.29, 1.82) is 5.26 Å². The summed E-state index contributed by atoms with van der Waals surface area (Å²) >= 11 is 0. The SMILES string of the molecule is CCN(CC(C)(C)O)C(C)C(=O)N(C)C1(C#N)CCC(C)CC1. The molecule has 132 valence electrons. The van der Waals surface area contributed by atoms with Crippen molar-refractivity contribution in [3.05, 3.63) is 0 Å². The van der Waals surface area contributed by atoms with Crippen molar-refractivity contribution in [3.63, 3.8) is 0 Å². The molecule has 0 radical (unpaired) electrons. The lowest BCUT2D eigenvalue weighted by molar-refractivity contribution is -0.141. The minimum absolute atomic E-state index is 0.0350. The van der Waals surface area contributed by atoms with Gasteiger partial charge in [-0.15, -0.1) is 0 Å².